The molecule has 9 nitrogen and oxygen atoms in total. The van der Waals surface area contributed by atoms with Crippen molar-refractivity contribution < 1.29 is 33.8 Å². The van der Waals surface area contributed by atoms with E-state index in [1.54, 1.807) is 23.1 Å². The molecule has 0 aromatic heterocycles. The van der Waals surface area contributed by atoms with E-state index < -0.39 is 23.5 Å². The normalized spacial score (nSPS) is 21.4. The van der Waals surface area contributed by atoms with Gasteiger partial charge in [0.2, 0.25) is 5.78 Å². The fourth-order valence-electron chi connectivity index (χ4n) is 5.15. The molecule has 37 heavy (non-hydrogen) atoms. The molecule has 2 saturated heterocycles. The maximum atomic E-state index is 13.8. The van der Waals surface area contributed by atoms with Gasteiger partial charge in [0.05, 0.1) is 25.8 Å². The third-order valence-electron chi connectivity index (χ3n) is 7.19. The lowest BCUT2D eigenvalue weighted by Gasteiger charge is -2.29. The summed E-state index contributed by atoms with van der Waals surface area (Å²) in [7, 11) is 3.89. The molecule has 2 aromatic rings. The van der Waals surface area contributed by atoms with E-state index >= 15 is 0 Å². The Bertz CT molecular complexity index is 1190. The highest BCUT2D eigenvalue weighted by atomic mass is 16.6. The summed E-state index contributed by atoms with van der Waals surface area (Å²) >= 11 is 0. The number of hydrogen-bond donors (Lipinski definition) is 1. The summed E-state index contributed by atoms with van der Waals surface area (Å²) in [6.07, 6.45) is 0.728. The van der Waals surface area contributed by atoms with Crippen molar-refractivity contribution in [3.63, 3.8) is 0 Å². The number of ether oxygens (including phenoxy) is 3. The van der Waals surface area contributed by atoms with Crippen LogP contribution in [0.1, 0.15) is 23.6 Å². The van der Waals surface area contributed by atoms with Gasteiger partial charge in [0.1, 0.15) is 26.3 Å². The van der Waals surface area contributed by atoms with Crippen molar-refractivity contribution in [2.75, 3.05) is 71.6 Å². The zero-order valence-electron chi connectivity index (χ0n) is 21.3. The van der Waals surface area contributed by atoms with Crippen LogP contribution in [0.5, 0.6) is 11.5 Å². The predicted octanol–water partition coefficient (Wildman–Crippen LogP) is 0.0530. The SMILES string of the molecule is CN(C)c1ccc(C2C(=C([O-])c3ccc4c(c3)OCCO4)C(=O)C(=O)N2CCC[NH+]2CCOCC2)cc1. The number of ketones is 1. The summed E-state index contributed by atoms with van der Waals surface area (Å²) in [6, 6.07) is 11.8. The number of hydrogen-bond acceptors (Lipinski definition) is 7. The largest absolute Gasteiger partial charge is 0.872 e. The molecule has 1 amide bonds. The number of amides is 1. The number of carbonyl (C=O) groups excluding carboxylic acids is 2. The molecule has 1 N–H and O–H groups in total. The fourth-order valence-corrected chi connectivity index (χ4v) is 5.15. The van der Waals surface area contributed by atoms with Crippen LogP contribution in [0.3, 0.4) is 0 Å². The topological polar surface area (TPSA) is 95.8 Å². The van der Waals surface area contributed by atoms with Gasteiger partial charge in [-0.25, -0.2) is 0 Å². The van der Waals surface area contributed by atoms with Crippen molar-refractivity contribution in [3.05, 3.63) is 59.2 Å². The molecule has 3 heterocycles. The Morgan fingerprint density at radius 3 is 2.41 bits per heavy atom. The average Bonchev–Trinajstić information content (AvgIpc) is 3.18. The number of anilines is 1. The number of morpholine rings is 1. The standard InChI is InChI=1S/C28H33N3O6/c1-29(2)21-7-4-19(5-8-21)25-24(26(32)20-6-9-22-23(18-20)37-17-16-36-22)27(33)28(34)31(25)11-3-10-30-12-14-35-15-13-30/h4-9,18,25,32H,3,10-17H2,1-2H3. The van der Waals surface area contributed by atoms with Crippen LogP contribution in [0.4, 0.5) is 5.69 Å². The molecule has 2 aromatic carbocycles. The number of Topliss-reactive ketones (excluding diaryl/α,β-unsaturated/α-hetero) is 1. The molecule has 0 radical (unpaired) electrons. The fraction of sp³-hybridized carbons (Fsp3) is 0.429. The van der Waals surface area contributed by atoms with Crippen LogP contribution >= 0.6 is 0 Å². The van der Waals surface area contributed by atoms with Gasteiger partial charge in [-0.1, -0.05) is 24.0 Å². The van der Waals surface area contributed by atoms with Gasteiger partial charge in [-0.2, -0.15) is 0 Å². The van der Waals surface area contributed by atoms with E-state index in [1.807, 2.05) is 43.3 Å². The van der Waals surface area contributed by atoms with E-state index in [0.717, 1.165) is 50.5 Å². The maximum Gasteiger partial charge on any atom is 0.295 e. The van der Waals surface area contributed by atoms with Crippen molar-refractivity contribution in [3.8, 4) is 11.5 Å². The third kappa shape index (κ3) is 5.14. The van der Waals surface area contributed by atoms with Gasteiger partial charge in [-0.05, 0) is 35.4 Å². The van der Waals surface area contributed by atoms with E-state index in [-0.39, 0.29) is 5.57 Å². The smallest absolute Gasteiger partial charge is 0.295 e. The summed E-state index contributed by atoms with van der Waals surface area (Å²) in [5.41, 5.74) is 2.01. The minimum absolute atomic E-state index is 0.0157. The van der Waals surface area contributed by atoms with Gasteiger partial charge in [0, 0.05) is 38.3 Å². The number of benzene rings is 2. The predicted molar refractivity (Wildman–Crippen MR) is 136 cm³/mol. The molecule has 2 fully saturated rings. The van der Waals surface area contributed by atoms with Crippen LogP contribution in [0.15, 0.2) is 48.0 Å². The highest BCUT2D eigenvalue weighted by Gasteiger charge is 2.44. The number of rotatable bonds is 7. The molecule has 196 valence electrons. The minimum atomic E-state index is -0.739. The lowest BCUT2D eigenvalue weighted by atomic mass is 9.95. The highest BCUT2D eigenvalue weighted by molar-refractivity contribution is 6.46. The van der Waals surface area contributed by atoms with Gasteiger partial charge in [0.25, 0.3) is 5.91 Å². The van der Waals surface area contributed by atoms with Gasteiger partial charge < -0.3 is 34.0 Å². The second kappa shape index (κ2) is 10.8. The summed E-state index contributed by atoms with van der Waals surface area (Å²) in [5, 5.41) is 13.8. The van der Waals surface area contributed by atoms with Crippen molar-refractivity contribution in [2.45, 2.75) is 12.5 Å². The Balaban J connectivity index is 1.49. The third-order valence-corrected chi connectivity index (χ3v) is 7.19. The molecule has 0 saturated carbocycles. The second-order valence-electron chi connectivity index (χ2n) is 9.78. The monoisotopic (exact) mass is 507 g/mol. The van der Waals surface area contributed by atoms with Crippen LogP contribution in [0.25, 0.3) is 5.76 Å². The first-order valence-electron chi connectivity index (χ1n) is 12.8. The quantitative estimate of drug-likeness (QED) is 0.322. The van der Waals surface area contributed by atoms with Gasteiger partial charge in [-0.15, -0.1) is 0 Å². The minimum Gasteiger partial charge on any atom is -0.872 e. The van der Waals surface area contributed by atoms with Crippen LogP contribution < -0.4 is 24.4 Å². The molecule has 0 bridgehead atoms. The van der Waals surface area contributed by atoms with E-state index in [2.05, 4.69) is 0 Å². The average molecular weight is 508 g/mol. The van der Waals surface area contributed by atoms with Crippen molar-refractivity contribution >= 4 is 23.1 Å². The summed E-state index contributed by atoms with van der Waals surface area (Å²) in [4.78, 5) is 31.5. The number of fused-ring (bicyclic) bond motifs is 1. The molecule has 0 aliphatic carbocycles. The van der Waals surface area contributed by atoms with Crippen LogP contribution in [-0.4, -0.2) is 83.3 Å². The number of likely N-dealkylation sites (tertiary alicyclic amines) is 1. The number of quaternary nitrogens is 1. The molecular weight excluding hydrogens is 474 g/mol. The van der Waals surface area contributed by atoms with Crippen LogP contribution in [-0.2, 0) is 14.3 Å². The van der Waals surface area contributed by atoms with Crippen LogP contribution in [0, 0.1) is 0 Å². The van der Waals surface area contributed by atoms with E-state index in [4.69, 9.17) is 14.2 Å². The van der Waals surface area contributed by atoms with Gasteiger partial charge >= 0.3 is 0 Å². The number of nitrogens with zero attached hydrogens (tertiary/aromatic N) is 2. The Labute approximate surface area is 216 Å². The Hall–Kier alpha value is -3.56. The van der Waals surface area contributed by atoms with Crippen molar-refractivity contribution in [1.82, 2.24) is 4.90 Å². The van der Waals surface area contributed by atoms with Gasteiger partial charge in [-0.3, -0.25) is 9.59 Å². The zero-order valence-corrected chi connectivity index (χ0v) is 21.3. The Morgan fingerprint density at radius 2 is 1.70 bits per heavy atom. The molecule has 1 atom stereocenters. The number of carbonyl (C=O) groups is 2. The number of nitrogens with one attached hydrogen (secondary N) is 1. The first kappa shape index (κ1) is 25.1. The molecular formula is C28H33N3O6. The van der Waals surface area contributed by atoms with Crippen LogP contribution in [0.2, 0.25) is 0 Å². The summed E-state index contributed by atoms with van der Waals surface area (Å²) in [5.74, 6) is -0.797. The zero-order chi connectivity index (χ0) is 25.9. The van der Waals surface area contributed by atoms with E-state index in [1.165, 1.54) is 4.90 Å². The van der Waals surface area contributed by atoms with Crippen molar-refractivity contribution in [1.29, 1.82) is 0 Å². The first-order chi connectivity index (χ1) is 17.9. The highest BCUT2D eigenvalue weighted by Crippen LogP contribution is 2.40. The van der Waals surface area contributed by atoms with Gasteiger partial charge in [0.15, 0.2) is 11.5 Å². The first-order valence-corrected chi connectivity index (χ1v) is 12.8. The molecule has 5 rings (SSSR count). The summed E-state index contributed by atoms with van der Waals surface area (Å²) < 4.78 is 16.6. The molecule has 1 unspecified atom stereocenters. The molecule has 9 heteroatoms. The Morgan fingerprint density at radius 1 is 1.00 bits per heavy atom. The lowest BCUT2D eigenvalue weighted by Crippen LogP contribution is -3.14. The molecule has 3 aliphatic heterocycles. The Kier molecular flexibility index (Phi) is 7.34. The molecule has 3 aliphatic rings. The van der Waals surface area contributed by atoms with E-state index in [9.17, 15) is 14.7 Å². The summed E-state index contributed by atoms with van der Waals surface area (Å²) in [6.45, 7) is 5.43. The lowest BCUT2D eigenvalue weighted by molar-refractivity contribution is -0.908. The van der Waals surface area contributed by atoms with Crippen molar-refractivity contribution in [2.24, 2.45) is 0 Å². The van der Waals surface area contributed by atoms with E-state index in [0.29, 0.717) is 36.8 Å². The second-order valence-corrected chi connectivity index (χ2v) is 9.78. The molecule has 0 spiro atoms. The maximum absolute atomic E-state index is 13.8.